The lowest BCUT2D eigenvalue weighted by atomic mass is 9.82. The Hall–Kier alpha value is -0.810. The molecule has 2 rings (SSSR count). The highest BCUT2D eigenvalue weighted by molar-refractivity contribution is 7.80. The van der Waals surface area contributed by atoms with Crippen molar-refractivity contribution in [3.05, 3.63) is 28.7 Å². The van der Waals surface area contributed by atoms with Gasteiger partial charge in [0.05, 0.1) is 6.54 Å². The molecule has 0 unspecified atom stereocenters. The minimum Gasteiger partial charge on any atom is -0.381 e. The van der Waals surface area contributed by atoms with E-state index in [4.69, 9.17) is 4.74 Å². The van der Waals surface area contributed by atoms with Gasteiger partial charge in [0.15, 0.2) is 0 Å². The smallest absolute Gasteiger partial charge is 0.266 e. The molecule has 1 aromatic heterocycles. The second-order valence-corrected chi connectivity index (χ2v) is 4.61. The van der Waals surface area contributed by atoms with Crippen LogP contribution in [0.25, 0.3) is 0 Å². The van der Waals surface area contributed by atoms with Crippen LogP contribution in [0.4, 0.5) is 0 Å². The van der Waals surface area contributed by atoms with Crippen LogP contribution in [0.1, 0.15) is 12.8 Å². The van der Waals surface area contributed by atoms with Crippen molar-refractivity contribution in [3.8, 4) is 0 Å². The molecule has 16 heavy (non-hydrogen) atoms. The molecule has 88 valence electrons. The maximum absolute atomic E-state index is 11.6. The number of rotatable bonds is 3. The van der Waals surface area contributed by atoms with Gasteiger partial charge in [-0.1, -0.05) is 0 Å². The topological polar surface area (TPSA) is 44.1 Å². The van der Waals surface area contributed by atoms with Crippen molar-refractivity contribution in [1.82, 2.24) is 9.78 Å². The van der Waals surface area contributed by atoms with E-state index in [9.17, 15) is 4.79 Å². The van der Waals surface area contributed by atoms with Crippen LogP contribution >= 0.6 is 12.6 Å². The molecule has 0 N–H and O–H groups in total. The van der Waals surface area contributed by atoms with Crippen molar-refractivity contribution in [2.75, 3.05) is 19.0 Å². The average Bonchev–Trinajstić information content (AvgIpc) is 2.33. The van der Waals surface area contributed by atoms with Crippen LogP contribution in [0, 0.1) is 5.41 Å². The third-order valence-corrected chi connectivity index (χ3v) is 3.83. The van der Waals surface area contributed by atoms with E-state index in [0.29, 0.717) is 6.54 Å². The first-order valence-electron chi connectivity index (χ1n) is 5.47. The summed E-state index contributed by atoms with van der Waals surface area (Å²) in [5.41, 5.74) is 0.00894. The van der Waals surface area contributed by atoms with Gasteiger partial charge >= 0.3 is 0 Å². The second-order valence-electron chi connectivity index (χ2n) is 4.29. The van der Waals surface area contributed by atoms with E-state index >= 15 is 0 Å². The molecular weight excluding hydrogens is 224 g/mol. The molecule has 0 aliphatic carbocycles. The lowest BCUT2D eigenvalue weighted by Gasteiger charge is -2.35. The summed E-state index contributed by atoms with van der Waals surface area (Å²) in [6.07, 6.45) is 3.53. The molecule has 2 heterocycles. The molecule has 5 heteroatoms. The highest BCUT2D eigenvalue weighted by atomic mass is 32.1. The summed E-state index contributed by atoms with van der Waals surface area (Å²) >= 11 is 4.42. The molecule has 1 aromatic rings. The van der Waals surface area contributed by atoms with Crippen molar-refractivity contribution < 1.29 is 4.74 Å². The molecule has 1 aliphatic rings. The Bertz CT molecular complexity index is 399. The molecule has 0 saturated carbocycles. The number of nitrogens with zero attached hydrogens (tertiary/aromatic N) is 2. The monoisotopic (exact) mass is 240 g/mol. The summed E-state index contributed by atoms with van der Waals surface area (Å²) in [6.45, 7) is 2.14. The first kappa shape index (κ1) is 11.7. The lowest BCUT2D eigenvalue weighted by Crippen LogP contribution is -2.39. The molecule has 0 radical (unpaired) electrons. The third-order valence-electron chi connectivity index (χ3n) is 3.16. The first-order valence-corrected chi connectivity index (χ1v) is 6.10. The maximum Gasteiger partial charge on any atom is 0.266 e. The van der Waals surface area contributed by atoms with Crippen molar-refractivity contribution in [1.29, 1.82) is 0 Å². The predicted molar refractivity (Wildman–Crippen MR) is 64.8 cm³/mol. The van der Waals surface area contributed by atoms with Crippen molar-refractivity contribution in [3.63, 3.8) is 0 Å². The molecule has 1 fully saturated rings. The minimum atomic E-state index is -0.0462. The number of ether oxygens (including phenoxy) is 1. The zero-order valence-electron chi connectivity index (χ0n) is 9.13. The Morgan fingerprint density at radius 2 is 2.25 bits per heavy atom. The van der Waals surface area contributed by atoms with E-state index in [-0.39, 0.29) is 11.0 Å². The number of hydrogen-bond donors (Lipinski definition) is 1. The summed E-state index contributed by atoms with van der Waals surface area (Å²) < 4.78 is 6.88. The summed E-state index contributed by atoms with van der Waals surface area (Å²) in [7, 11) is 0. The SMILES string of the molecule is O=c1cccnn1CC1(CS)CCOCC1. The number of thiol groups is 1. The average molecular weight is 240 g/mol. The lowest BCUT2D eigenvalue weighted by molar-refractivity contribution is 0.0158. The van der Waals surface area contributed by atoms with Crippen molar-refractivity contribution in [2.24, 2.45) is 5.41 Å². The van der Waals surface area contributed by atoms with Gasteiger partial charge in [0.2, 0.25) is 0 Å². The Balaban J connectivity index is 2.18. The van der Waals surface area contributed by atoms with Gasteiger partial charge in [0.1, 0.15) is 0 Å². The van der Waals surface area contributed by atoms with Crippen LogP contribution in [0.15, 0.2) is 23.1 Å². The van der Waals surface area contributed by atoms with Gasteiger partial charge in [-0.25, -0.2) is 4.68 Å². The van der Waals surface area contributed by atoms with Gasteiger partial charge in [-0.05, 0) is 24.7 Å². The molecule has 4 nitrogen and oxygen atoms in total. The van der Waals surface area contributed by atoms with Gasteiger partial charge in [-0.2, -0.15) is 17.7 Å². The summed E-state index contributed by atoms with van der Waals surface area (Å²) in [5.74, 6) is 0.763. The van der Waals surface area contributed by atoms with E-state index in [1.807, 2.05) is 0 Å². The van der Waals surface area contributed by atoms with Gasteiger partial charge in [-0.15, -0.1) is 0 Å². The normalized spacial score (nSPS) is 19.6. The molecule has 0 atom stereocenters. The largest absolute Gasteiger partial charge is 0.381 e. The highest BCUT2D eigenvalue weighted by Gasteiger charge is 2.32. The Labute approximate surface area is 100 Å². The summed E-state index contributed by atoms with van der Waals surface area (Å²) in [6, 6.07) is 3.20. The fourth-order valence-corrected chi connectivity index (χ4v) is 2.41. The van der Waals surface area contributed by atoms with Crippen molar-refractivity contribution in [2.45, 2.75) is 19.4 Å². The maximum atomic E-state index is 11.6. The predicted octanol–water partition coefficient (Wildman–Crippen LogP) is 0.970. The van der Waals surface area contributed by atoms with E-state index in [0.717, 1.165) is 31.8 Å². The zero-order valence-corrected chi connectivity index (χ0v) is 10.0. The van der Waals surface area contributed by atoms with E-state index in [2.05, 4.69) is 17.7 Å². The zero-order chi connectivity index (χ0) is 11.4. The molecular formula is C11H16N2O2S. The van der Waals surface area contributed by atoms with Crippen molar-refractivity contribution >= 4 is 12.6 Å². The first-order chi connectivity index (χ1) is 7.76. The highest BCUT2D eigenvalue weighted by Crippen LogP contribution is 2.32. The van der Waals surface area contributed by atoms with Crippen LogP contribution in [0.2, 0.25) is 0 Å². The number of hydrogen-bond acceptors (Lipinski definition) is 4. The fourth-order valence-electron chi connectivity index (χ4n) is 1.99. The quantitative estimate of drug-likeness (QED) is 0.801. The standard InChI is InChI=1S/C11H16N2O2S/c14-10-2-1-5-12-13(10)8-11(9-16)3-6-15-7-4-11/h1-2,5,16H,3-4,6-9H2. The molecule has 0 aromatic carbocycles. The van der Waals surface area contributed by atoms with Gasteiger partial charge in [-0.3, -0.25) is 4.79 Å². The van der Waals surface area contributed by atoms with Crippen LogP contribution in [-0.4, -0.2) is 28.7 Å². The van der Waals surface area contributed by atoms with E-state index in [1.54, 1.807) is 18.3 Å². The molecule has 0 bridgehead atoms. The van der Waals surface area contributed by atoms with Gasteiger partial charge in [0, 0.05) is 30.9 Å². The second kappa shape index (κ2) is 5.01. The van der Waals surface area contributed by atoms with Gasteiger partial charge < -0.3 is 4.74 Å². The number of aromatic nitrogens is 2. The van der Waals surface area contributed by atoms with Crippen LogP contribution < -0.4 is 5.56 Å². The van der Waals surface area contributed by atoms with E-state index < -0.39 is 0 Å². The molecule has 1 saturated heterocycles. The molecule has 1 aliphatic heterocycles. The molecule has 0 spiro atoms. The minimum absolute atomic E-state index is 0.0462. The Kier molecular flexibility index (Phi) is 3.66. The van der Waals surface area contributed by atoms with Crippen LogP contribution in [0.5, 0.6) is 0 Å². The summed E-state index contributed by atoms with van der Waals surface area (Å²) in [4.78, 5) is 11.6. The summed E-state index contributed by atoms with van der Waals surface area (Å²) in [5, 5.41) is 4.09. The fraction of sp³-hybridized carbons (Fsp3) is 0.636. The van der Waals surface area contributed by atoms with Crippen LogP contribution in [-0.2, 0) is 11.3 Å². The van der Waals surface area contributed by atoms with Crippen LogP contribution in [0.3, 0.4) is 0 Å². The van der Waals surface area contributed by atoms with E-state index in [1.165, 1.54) is 4.68 Å². The van der Waals surface area contributed by atoms with Gasteiger partial charge in [0.25, 0.3) is 5.56 Å². The molecule has 0 amide bonds. The Morgan fingerprint density at radius 3 is 2.88 bits per heavy atom. The third kappa shape index (κ3) is 2.47. The Morgan fingerprint density at radius 1 is 1.50 bits per heavy atom.